The lowest BCUT2D eigenvalue weighted by atomic mass is 10.1. The number of nitrogens with one attached hydrogen (secondary N) is 2. The average molecular weight is 335 g/mol. The molecular formula is C18H21N7. The number of rotatable bonds is 5. The fourth-order valence-corrected chi connectivity index (χ4v) is 3.13. The quantitative estimate of drug-likeness (QED) is 0.746. The van der Waals surface area contributed by atoms with Gasteiger partial charge in [0.25, 0.3) is 0 Å². The summed E-state index contributed by atoms with van der Waals surface area (Å²) in [6.07, 6.45) is 8.40. The van der Waals surface area contributed by atoms with Gasteiger partial charge < -0.3 is 10.3 Å². The molecule has 3 aromatic heterocycles. The maximum absolute atomic E-state index is 4.69. The molecule has 128 valence electrons. The second kappa shape index (κ2) is 6.98. The zero-order valence-electron chi connectivity index (χ0n) is 14.2. The summed E-state index contributed by atoms with van der Waals surface area (Å²) in [7, 11) is 0. The van der Waals surface area contributed by atoms with Gasteiger partial charge in [0.15, 0.2) is 0 Å². The number of nitrogens with zero attached hydrogens (tertiary/aromatic N) is 5. The van der Waals surface area contributed by atoms with Crippen molar-refractivity contribution in [3.05, 3.63) is 60.1 Å². The summed E-state index contributed by atoms with van der Waals surface area (Å²) in [6.45, 7) is 4.91. The number of pyridine rings is 1. The molecular weight excluding hydrogens is 314 g/mol. The lowest BCUT2D eigenvalue weighted by molar-refractivity contribution is 0.318. The van der Waals surface area contributed by atoms with Crippen molar-refractivity contribution in [3.8, 4) is 0 Å². The first-order valence-electron chi connectivity index (χ1n) is 8.49. The van der Waals surface area contributed by atoms with Crippen LogP contribution in [0, 0.1) is 6.92 Å². The average Bonchev–Trinajstić information content (AvgIpc) is 3.30. The van der Waals surface area contributed by atoms with Crippen molar-refractivity contribution in [1.29, 1.82) is 0 Å². The summed E-state index contributed by atoms with van der Waals surface area (Å²) >= 11 is 0. The van der Waals surface area contributed by atoms with Crippen LogP contribution < -0.4 is 5.32 Å². The van der Waals surface area contributed by atoms with Crippen LogP contribution in [-0.2, 0) is 6.54 Å². The third kappa shape index (κ3) is 3.83. The predicted molar refractivity (Wildman–Crippen MR) is 95.5 cm³/mol. The van der Waals surface area contributed by atoms with Crippen molar-refractivity contribution in [2.45, 2.75) is 25.8 Å². The van der Waals surface area contributed by atoms with Crippen molar-refractivity contribution in [2.75, 3.05) is 18.4 Å². The predicted octanol–water partition coefficient (Wildman–Crippen LogP) is 2.64. The van der Waals surface area contributed by atoms with Gasteiger partial charge in [-0.1, -0.05) is 6.07 Å². The standard InChI is InChI=1S/C18H21N7/c1-13-2-3-16(22-10-13)24-18-21-6-4-15(23-18)14-5-9-25(11-14)12-17-19-7-8-20-17/h2-4,6-8,10,14H,5,9,11-12H2,1H3,(H,19,20)(H,21,22,23,24). The summed E-state index contributed by atoms with van der Waals surface area (Å²) in [5.41, 5.74) is 2.20. The van der Waals surface area contributed by atoms with Gasteiger partial charge in [-0.25, -0.2) is 19.9 Å². The van der Waals surface area contributed by atoms with Gasteiger partial charge in [0.05, 0.1) is 12.2 Å². The van der Waals surface area contributed by atoms with Crippen molar-refractivity contribution >= 4 is 11.8 Å². The minimum Gasteiger partial charge on any atom is -0.348 e. The lowest BCUT2D eigenvalue weighted by Gasteiger charge is -2.14. The molecule has 1 saturated heterocycles. The fraction of sp³-hybridized carbons (Fsp3) is 0.333. The molecule has 0 bridgehead atoms. The van der Waals surface area contributed by atoms with Crippen molar-refractivity contribution in [1.82, 2.24) is 29.8 Å². The van der Waals surface area contributed by atoms with Gasteiger partial charge in [0.2, 0.25) is 5.95 Å². The lowest BCUT2D eigenvalue weighted by Crippen LogP contribution is -2.20. The smallest absolute Gasteiger partial charge is 0.228 e. The van der Waals surface area contributed by atoms with E-state index in [-0.39, 0.29) is 0 Å². The van der Waals surface area contributed by atoms with E-state index in [4.69, 9.17) is 4.98 Å². The number of likely N-dealkylation sites (tertiary alicyclic amines) is 1. The zero-order chi connectivity index (χ0) is 17.1. The highest BCUT2D eigenvalue weighted by molar-refractivity contribution is 5.47. The van der Waals surface area contributed by atoms with E-state index in [1.165, 1.54) is 0 Å². The summed E-state index contributed by atoms with van der Waals surface area (Å²) < 4.78 is 0. The van der Waals surface area contributed by atoms with Crippen LogP contribution in [0.2, 0.25) is 0 Å². The van der Waals surface area contributed by atoms with Gasteiger partial charge in [-0.15, -0.1) is 0 Å². The third-order valence-electron chi connectivity index (χ3n) is 4.45. The van der Waals surface area contributed by atoms with Crippen LogP contribution in [-0.4, -0.2) is 42.9 Å². The fourth-order valence-electron chi connectivity index (χ4n) is 3.13. The van der Waals surface area contributed by atoms with E-state index in [1.807, 2.05) is 43.7 Å². The molecule has 0 saturated carbocycles. The van der Waals surface area contributed by atoms with E-state index in [9.17, 15) is 0 Å². The number of hydrogen-bond donors (Lipinski definition) is 2. The maximum atomic E-state index is 4.69. The molecule has 25 heavy (non-hydrogen) atoms. The van der Waals surface area contributed by atoms with Crippen molar-refractivity contribution in [2.24, 2.45) is 0 Å². The van der Waals surface area contributed by atoms with E-state index in [0.717, 1.165) is 49.0 Å². The summed E-state index contributed by atoms with van der Waals surface area (Å²) in [4.78, 5) is 23.2. The monoisotopic (exact) mass is 335 g/mol. The molecule has 4 heterocycles. The normalized spacial score (nSPS) is 17.7. The van der Waals surface area contributed by atoms with Gasteiger partial charge in [-0.05, 0) is 37.6 Å². The Morgan fingerprint density at radius 1 is 1.20 bits per heavy atom. The summed E-state index contributed by atoms with van der Waals surface area (Å²) in [5, 5.41) is 3.18. The first-order chi connectivity index (χ1) is 12.3. The molecule has 1 atom stereocenters. The molecule has 0 aromatic carbocycles. The Hall–Kier alpha value is -2.80. The summed E-state index contributed by atoms with van der Waals surface area (Å²) in [6, 6.07) is 5.96. The Bertz CT molecular complexity index is 814. The van der Waals surface area contributed by atoms with Crippen LogP contribution >= 0.6 is 0 Å². The Labute approximate surface area is 146 Å². The number of aromatic amines is 1. The number of aromatic nitrogens is 5. The van der Waals surface area contributed by atoms with Crippen molar-refractivity contribution < 1.29 is 0 Å². The number of hydrogen-bond acceptors (Lipinski definition) is 6. The molecule has 0 amide bonds. The molecule has 3 aromatic rings. The summed E-state index contributed by atoms with van der Waals surface area (Å²) in [5.74, 6) is 2.78. The van der Waals surface area contributed by atoms with Gasteiger partial charge >= 0.3 is 0 Å². The van der Waals surface area contributed by atoms with E-state index in [2.05, 4.69) is 30.2 Å². The molecule has 1 unspecified atom stereocenters. The van der Waals surface area contributed by atoms with Crippen LogP contribution in [0.15, 0.2) is 43.0 Å². The Morgan fingerprint density at radius 2 is 2.16 bits per heavy atom. The minimum atomic E-state index is 0.421. The SMILES string of the molecule is Cc1ccc(Nc2nccc(C3CCN(Cc4ncc[nH]4)C3)n2)nc1. The Kier molecular flexibility index (Phi) is 4.39. The molecule has 0 aliphatic carbocycles. The molecule has 2 N–H and O–H groups in total. The van der Waals surface area contributed by atoms with Gasteiger partial charge in [-0.2, -0.15) is 0 Å². The minimum absolute atomic E-state index is 0.421. The number of H-pyrrole nitrogens is 1. The van der Waals surface area contributed by atoms with E-state index < -0.39 is 0 Å². The second-order valence-corrected chi connectivity index (χ2v) is 6.41. The molecule has 4 rings (SSSR count). The molecule has 1 aliphatic heterocycles. The van der Waals surface area contributed by atoms with E-state index >= 15 is 0 Å². The first-order valence-corrected chi connectivity index (χ1v) is 8.49. The van der Waals surface area contributed by atoms with Gasteiger partial charge in [0, 0.05) is 37.3 Å². The third-order valence-corrected chi connectivity index (χ3v) is 4.45. The zero-order valence-corrected chi connectivity index (χ0v) is 14.2. The Balaban J connectivity index is 1.42. The molecule has 1 fully saturated rings. The topological polar surface area (TPSA) is 82.6 Å². The van der Waals surface area contributed by atoms with Crippen LogP contribution in [0.25, 0.3) is 0 Å². The molecule has 7 heteroatoms. The second-order valence-electron chi connectivity index (χ2n) is 6.41. The highest BCUT2D eigenvalue weighted by Crippen LogP contribution is 2.27. The van der Waals surface area contributed by atoms with E-state index in [1.54, 1.807) is 6.20 Å². The van der Waals surface area contributed by atoms with Crippen LogP contribution in [0.3, 0.4) is 0 Å². The Morgan fingerprint density at radius 3 is 2.96 bits per heavy atom. The number of imidazole rings is 1. The highest BCUT2D eigenvalue weighted by atomic mass is 15.2. The largest absolute Gasteiger partial charge is 0.348 e. The molecule has 7 nitrogen and oxygen atoms in total. The molecule has 0 spiro atoms. The van der Waals surface area contributed by atoms with Crippen LogP contribution in [0.5, 0.6) is 0 Å². The van der Waals surface area contributed by atoms with Gasteiger partial charge in [-0.3, -0.25) is 4.90 Å². The van der Waals surface area contributed by atoms with Crippen LogP contribution in [0.1, 0.15) is 29.4 Å². The maximum Gasteiger partial charge on any atom is 0.228 e. The molecule has 1 aliphatic rings. The van der Waals surface area contributed by atoms with Gasteiger partial charge in [0.1, 0.15) is 11.6 Å². The number of aryl methyl sites for hydroxylation is 1. The molecule has 0 radical (unpaired) electrons. The number of anilines is 2. The highest BCUT2D eigenvalue weighted by Gasteiger charge is 2.25. The van der Waals surface area contributed by atoms with Crippen molar-refractivity contribution in [3.63, 3.8) is 0 Å². The first kappa shape index (κ1) is 15.7. The van der Waals surface area contributed by atoms with Crippen LogP contribution in [0.4, 0.5) is 11.8 Å². The van der Waals surface area contributed by atoms with E-state index in [0.29, 0.717) is 11.9 Å².